The minimum Gasteiger partial charge on any atom is -0.357 e. The molecular formula is C17H34N4. The van der Waals surface area contributed by atoms with Gasteiger partial charge in [-0.05, 0) is 45.7 Å². The number of nitrogens with one attached hydrogen (secondary N) is 1. The van der Waals surface area contributed by atoms with Gasteiger partial charge in [-0.15, -0.1) is 6.58 Å². The van der Waals surface area contributed by atoms with E-state index in [-0.39, 0.29) is 0 Å². The Labute approximate surface area is 131 Å². The van der Waals surface area contributed by atoms with Crippen molar-refractivity contribution in [2.45, 2.75) is 52.0 Å². The zero-order valence-corrected chi connectivity index (χ0v) is 14.3. The fourth-order valence-corrected chi connectivity index (χ4v) is 2.92. The molecule has 0 spiro atoms. The number of aliphatic imine (C=N–C) groups is 1. The van der Waals surface area contributed by atoms with Crippen LogP contribution in [-0.2, 0) is 0 Å². The molecular weight excluding hydrogens is 260 g/mol. The van der Waals surface area contributed by atoms with E-state index in [0.29, 0.717) is 6.04 Å². The first-order chi connectivity index (χ1) is 10.2. The van der Waals surface area contributed by atoms with Crippen LogP contribution in [0.4, 0.5) is 0 Å². The molecule has 122 valence electrons. The van der Waals surface area contributed by atoms with Gasteiger partial charge in [-0.25, -0.2) is 0 Å². The Balaban J connectivity index is 2.54. The van der Waals surface area contributed by atoms with Gasteiger partial charge in [-0.2, -0.15) is 0 Å². The summed E-state index contributed by atoms with van der Waals surface area (Å²) in [7, 11) is 2.13. The van der Waals surface area contributed by atoms with E-state index in [1.54, 1.807) is 0 Å². The summed E-state index contributed by atoms with van der Waals surface area (Å²) in [6, 6.07) is 0.624. The van der Waals surface area contributed by atoms with Gasteiger partial charge in [0.25, 0.3) is 0 Å². The van der Waals surface area contributed by atoms with E-state index >= 15 is 0 Å². The smallest absolute Gasteiger partial charge is 0.193 e. The number of likely N-dealkylation sites (tertiary alicyclic amines) is 1. The molecule has 1 heterocycles. The van der Waals surface area contributed by atoms with Crippen LogP contribution in [0.3, 0.4) is 0 Å². The van der Waals surface area contributed by atoms with Crippen molar-refractivity contribution in [3.05, 3.63) is 12.7 Å². The van der Waals surface area contributed by atoms with Crippen LogP contribution < -0.4 is 5.32 Å². The van der Waals surface area contributed by atoms with Gasteiger partial charge in [0.15, 0.2) is 5.96 Å². The Bertz CT molecular complexity index is 314. The largest absolute Gasteiger partial charge is 0.357 e. The lowest BCUT2D eigenvalue weighted by Gasteiger charge is -2.34. The normalized spacial score (nSPS) is 20.3. The number of hydrogen-bond donors (Lipinski definition) is 1. The monoisotopic (exact) mass is 294 g/mol. The molecule has 0 aliphatic carbocycles. The van der Waals surface area contributed by atoms with Crippen LogP contribution in [0.5, 0.6) is 0 Å². The summed E-state index contributed by atoms with van der Waals surface area (Å²) in [6.07, 6.45) is 8.17. The first-order valence-corrected chi connectivity index (χ1v) is 8.57. The van der Waals surface area contributed by atoms with Gasteiger partial charge < -0.3 is 10.2 Å². The highest BCUT2D eigenvalue weighted by molar-refractivity contribution is 5.79. The van der Waals surface area contributed by atoms with Crippen molar-refractivity contribution in [2.75, 3.05) is 39.8 Å². The van der Waals surface area contributed by atoms with Crippen molar-refractivity contribution in [3.8, 4) is 0 Å². The van der Waals surface area contributed by atoms with E-state index in [9.17, 15) is 0 Å². The molecule has 0 bridgehead atoms. The fourth-order valence-electron chi connectivity index (χ4n) is 2.92. The molecule has 0 aromatic rings. The molecule has 0 aromatic heterocycles. The Morgan fingerprint density at radius 2 is 2.24 bits per heavy atom. The average molecular weight is 294 g/mol. The molecule has 1 fully saturated rings. The van der Waals surface area contributed by atoms with Crippen molar-refractivity contribution in [1.29, 1.82) is 0 Å². The lowest BCUT2D eigenvalue weighted by Crippen LogP contribution is -2.43. The Morgan fingerprint density at radius 1 is 1.43 bits per heavy atom. The second kappa shape index (κ2) is 10.7. The van der Waals surface area contributed by atoms with Gasteiger partial charge >= 0.3 is 0 Å². The van der Waals surface area contributed by atoms with Gasteiger partial charge in [-0.1, -0.05) is 19.4 Å². The van der Waals surface area contributed by atoms with Gasteiger partial charge in [0, 0.05) is 26.2 Å². The Kier molecular flexibility index (Phi) is 9.15. The third-order valence-electron chi connectivity index (χ3n) is 4.21. The molecule has 1 aliphatic heterocycles. The molecule has 1 atom stereocenters. The molecule has 4 heteroatoms. The molecule has 1 N–H and O–H groups in total. The highest BCUT2D eigenvalue weighted by atomic mass is 15.3. The van der Waals surface area contributed by atoms with Crippen LogP contribution in [0, 0.1) is 0 Å². The summed E-state index contributed by atoms with van der Waals surface area (Å²) < 4.78 is 0. The molecule has 1 rings (SSSR count). The van der Waals surface area contributed by atoms with E-state index in [0.717, 1.165) is 45.0 Å². The van der Waals surface area contributed by atoms with Crippen molar-refractivity contribution < 1.29 is 0 Å². The summed E-state index contributed by atoms with van der Waals surface area (Å²) in [5, 5.41) is 3.41. The first kappa shape index (κ1) is 18.0. The van der Waals surface area contributed by atoms with Crippen LogP contribution in [0.25, 0.3) is 0 Å². The first-order valence-electron chi connectivity index (χ1n) is 8.57. The number of likely N-dealkylation sites (N-methyl/N-ethyl adjacent to an activating group) is 1. The lowest BCUT2D eigenvalue weighted by molar-refractivity contribution is 0.161. The maximum absolute atomic E-state index is 4.88. The number of rotatable bonds is 8. The van der Waals surface area contributed by atoms with Crippen molar-refractivity contribution in [1.82, 2.24) is 15.1 Å². The standard InChI is InChI=1S/C17H34N4/c1-5-8-10-13-20(4)17(18-6-2)19-15-16-12-9-11-14-21(16)7-3/h5,16H,1,6-15H2,2-4H3,(H,18,19). The molecule has 21 heavy (non-hydrogen) atoms. The second-order valence-corrected chi connectivity index (χ2v) is 5.83. The van der Waals surface area contributed by atoms with E-state index in [2.05, 4.69) is 42.6 Å². The fraction of sp³-hybridized carbons (Fsp3) is 0.824. The summed E-state index contributed by atoms with van der Waals surface area (Å²) in [4.78, 5) is 9.70. The maximum atomic E-state index is 4.88. The highest BCUT2D eigenvalue weighted by Gasteiger charge is 2.20. The predicted octanol–water partition coefficient (Wildman–Crippen LogP) is 2.72. The third kappa shape index (κ3) is 6.51. The second-order valence-electron chi connectivity index (χ2n) is 5.83. The van der Waals surface area contributed by atoms with E-state index in [4.69, 9.17) is 4.99 Å². The van der Waals surface area contributed by atoms with Crippen LogP contribution in [0.2, 0.25) is 0 Å². The van der Waals surface area contributed by atoms with Crippen LogP contribution in [0.15, 0.2) is 17.6 Å². The lowest BCUT2D eigenvalue weighted by atomic mass is 10.0. The van der Waals surface area contributed by atoms with Gasteiger partial charge in [-0.3, -0.25) is 9.89 Å². The predicted molar refractivity (Wildman–Crippen MR) is 92.9 cm³/mol. The molecule has 0 amide bonds. The molecule has 0 aromatic carbocycles. The number of allylic oxidation sites excluding steroid dienone is 1. The van der Waals surface area contributed by atoms with Gasteiger partial charge in [0.2, 0.25) is 0 Å². The van der Waals surface area contributed by atoms with Gasteiger partial charge in [0.05, 0.1) is 6.54 Å². The number of guanidine groups is 1. The average Bonchev–Trinajstić information content (AvgIpc) is 2.51. The minimum absolute atomic E-state index is 0.624. The summed E-state index contributed by atoms with van der Waals surface area (Å²) in [5.74, 6) is 1.04. The van der Waals surface area contributed by atoms with E-state index in [1.807, 2.05) is 6.08 Å². The Hall–Kier alpha value is -1.03. The number of hydrogen-bond acceptors (Lipinski definition) is 2. The molecule has 0 saturated carbocycles. The summed E-state index contributed by atoms with van der Waals surface area (Å²) in [6.45, 7) is 13.4. The zero-order chi connectivity index (χ0) is 15.5. The molecule has 4 nitrogen and oxygen atoms in total. The molecule has 1 saturated heterocycles. The molecule has 0 radical (unpaired) electrons. The number of nitrogens with zero attached hydrogens (tertiary/aromatic N) is 3. The number of piperidine rings is 1. The van der Waals surface area contributed by atoms with Crippen LogP contribution in [-0.4, -0.2) is 61.6 Å². The topological polar surface area (TPSA) is 30.9 Å². The zero-order valence-electron chi connectivity index (χ0n) is 14.3. The SMILES string of the molecule is C=CCCCN(C)C(=NCC1CCCCN1CC)NCC. The summed E-state index contributed by atoms with van der Waals surface area (Å²) >= 11 is 0. The van der Waals surface area contributed by atoms with Crippen LogP contribution in [0.1, 0.15) is 46.0 Å². The Morgan fingerprint density at radius 3 is 2.90 bits per heavy atom. The quantitative estimate of drug-likeness (QED) is 0.323. The number of unbranched alkanes of at least 4 members (excludes halogenated alkanes) is 1. The van der Waals surface area contributed by atoms with Crippen LogP contribution >= 0.6 is 0 Å². The van der Waals surface area contributed by atoms with Crippen molar-refractivity contribution in [2.24, 2.45) is 4.99 Å². The maximum Gasteiger partial charge on any atom is 0.193 e. The molecule has 1 aliphatic rings. The van der Waals surface area contributed by atoms with Crippen molar-refractivity contribution >= 4 is 5.96 Å². The van der Waals surface area contributed by atoms with E-state index in [1.165, 1.54) is 25.8 Å². The summed E-state index contributed by atoms with van der Waals surface area (Å²) in [5.41, 5.74) is 0. The van der Waals surface area contributed by atoms with E-state index < -0.39 is 0 Å². The minimum atomic E-state index is 0.624. The van der Waals surface area contributed by atoms with Crippen molar-refractivity contribution in [3.63, 3.8) is 0 Å². The molecule has 1 unspecified atom stereocenters. The highest BCUT2D eigenvalue weighted by Crippen LogP contribution is 2.16. The third-order valence-corrected chi connectivity index (χ3v) is 4.21. The van der Waals surface area contributed by atoms with Gasteiger partial charge in [0.1, 0.15) is 0 Å².